The Labute approximate surface area is 163 Å². The quantitative estimate of drug-likeness (QED) is 0.445. The first kappa shape index (κ1) is 20.2. The van der Waals surface area contributed by atoms with Crippen molar-refractivity contribution in [2.45, 2.75) is 39.0 Å². The molecular formula is C18H23ClFN3S2. The van der Waals surface area contributed by atoms with Gasteiger partial charge in [0.05, 0.1) is 5.02 Å². The minimum absolute atomic E-state index is 0.0727. The molecule has 0 saturated carbocycles. The summed E-state index contributed by atoms with van der Waals surface area (Å²) in [6.45, 7) is 3.01. The first-order chi connectivity index (χ1) is 12.1. The predicted octanol–water partition coefficient (Wildman–Crippen LogP) is 6.06. The number of hydrogen-bond acceptors (Lipinski definition) is 3. The van der Waals surface area contributed by atoms with Gasteiger partial charge in [0.2, 0.25) is 0 Å². The molecule has 1 aromatic carbocycles. The molecular weight excluding hydrogens is 377 g/mol. The van der Waals surface area contributed by atoms with Crippen LogP contribution >= 0.6 is 35.6 Å². The molecule has 0 atom stereocenters. The summed E-state index contributed by atoms with van der Waals surface area (Å²) in [6, 6.07) is 4.46. The molecule has 0 spiro atoms. The monoisotopic (exact) mass is 399 g/mol. The zero-order valence-electron chi connectivity index (χ0n) is 14.3. The zero-order chi connectivity index (χ0) is 18.1. The summed E-state index contributed by atoms with van der Waals surface area (Å²) < 4.78 is 13.2. The largest absolute Gasteiger partial charge is 0.332 e. The summed E-state index contributed by atoms with van der Waals surface area (Å²) in [5, 5.41) is 4.60. The fraction of sp³-hybridized carbons (Fsp3) is 0.444. The van der Waals surface area contributed by atoms with E-state index in [0.717, 1.165) is 23.9 Å². The van der Waals surface area contributed by atoms with Crippen molar-refractivity contribution in [1.82, 2.24) is 4.90 Å². The molecule has 0 radical (unpaired) electrons. The van der Waals surface area contributed by atoms with Crippen LogP contribution in [0.4, 0.5) is 10.1 Å². The summed E-state index contributed by atoms with van der Waals surface area (Å²) in [5.41, 5.74) is 0.666. The summed E-state index contributed by atoms with van der Waals surface area (Å²) in [4.78, 5) is 6.49. The van der Waals surface area contributed by atoms with Crippen LogP contribution in [0.1, 0.15) is 39.0 Å². The smallest absolute Gasteiger partial charge is 0.179 e. The van der Waals surface area contributed by atoms with Crippen LogP contribution in [-0.4, -0.2) is 27.5 Å². The highest BCUT2D eigenvalue weighted by atomic mass is 35.5. The number of benzene rings is 1. The molecule has 136 valence electrons. The zero-order valence-corrected chi connectivity index (χ0v) is 16.7. The molecule has 0 aromatic heterocycles. The molecule has 1 aromatic rings. The highest BCUT2D eigenvalue weighted by Crippen LogP contribution is 2.22. The van der Waals surface area contributed by atoms with Crippen LogP contribution < -0.4 is 5.32 Å². The van der Waals surface area contributed by atoms with Gasteiger partial charge in [-0.15, -0.1) is 0 Å². The van der Waals surface area contributed by atoms with Gasteiger partial charge >= 0.3 is 0 Å². The van der Waals surface area contributed by atoms with E-state index in [1.165, 1.54) is 37.8 Å². The van der Waals surface area contributed by atoms with Gasteiger partial charge in [-0.25, -0.2) is 9.38 Å². The molecule has 1 aliphatic rings. The minimum atomic E-state index is -0.443. The highest BCUT2D eigenvalue weighted by molar-refractivity contribution is 8.14. The minimum Gasteiger partial charge on any atom is -0.332 e. The number of aliphatic imine (C=N–C) groups is 1. The van der Waals surface area contributed by atoms with E-state index in [2.05, 4.69) is 23.3 Å². The van der Waals surface area contributed by atoms with Gasteiger partial charge in [0, 0.05) is 24.2 Å². The number of amidine groups is 1. The summed E-state index contributed by atoms with van der Waals surface area (Å²) in [7, 11) is 0. The molecule has 25 heavy (non-hydrogen) atoms. The van der Waals surface area contributed by atoms with Crippen LogP contribution in [0.3, 0.4) is 0 Å². The fourth-order valence-electron chi connectivity index (χ4n) is 2.34. The Kier molecular flexibility index (Phi) is 8.72. The lowest BCUT2D eigenvalue weighted by molar-refractivity contribution is 0.628. The van der Waals surface area contributed by atoms with Crippen LogP contribution in [0, 0.1) is 5.82 Å². The van der Waals surface area contributed by atoms with E-state index in [0.29, 0.717) is 10.8 Å². The number of unbranched alkanes of at least 4 members (excludes halogenated alkanes) is 4. The van der Waals surface area contributed by atoms with E-state index in [4.69, 9.17) is 23.8 Å². The van der Waals surface area contributed by atoms with Gasteiger partial charge in [0.1, 0.15) is 5.82 Å². The topological polar surface area (TPSA) is 27.6 Å². The third-order valence-electron chi connectivity index (χ3n) is 3.71. The van der Waals surface area contributed by atoms with Crippen molar-refractivity contribution in [3.8, 4) is 0 Å². The van der Waals surface area contributed by atoms with Crippen LogP contribution in [-0.2, 0) is 0 Å². The average molecular weight is 400 g/mol. The second kappa shape index (κ2) is 10.8. The maximum Gasteiger partial charge on any atom is 0.179 e. The van der Waals surface area contributed by atoms with Gasteiger partial charge in [-0.3, -0.25) is 4.90 Å². The van der Waals surface area contributed by atoms with Gasteiger partial charge in [-0.2, -0.15) is 0 Å². The molecule has 0 bridgehead atoms. The van der Waals surface area contributed by atoms with Gasteiger partial charge < -0.3 is 5.32 Å². The molecule has 1 aliphatic heterocycles. The third-order valence-corrected chi connectivity index (χ3v) is 5.29. The standard InChI is InChI=1S/C18H23ClFN3S2/c1-2-3-4-5-6-7-10-21-18-23(11-12-25-18)17(24)22-14-8-9-16(20)15(19)13-14/h7-10,13H,2-6,11-12H2,1H3,(H,22,24)/b10-7+,21-18+. The first-order valence-corrected chi connectivity index (χ1v) is 10.3. The molecule has 1 saturated heterocycles. The number of anilines is 1. The second-order valence-corrected chi connectivity index (χ2v) is 7.56. The Bertz CT molecular complexity index is 649. The molecule has 0 aliphatic carbocycles. The number of nitrogens with zero attached hydrogens (tertiary/aromatic N) is 2. The van der Waals surface area contributed by atoms with E-state index in [1.54, 1.807) is 17.8 Å². The number of hydrogen-bond donors (Lipinski definition) is 1. The molecule has 1 heterocycles. The molecule has 1 fully saturated rings. The maximum absolute atomic E-state index is 13.2. The number of allylic oxidation sites excluding steroid dienone is 1. The number of halogens is 2. The van der Waals surface area contributed by atoms with Crippen molar-refractivity contribution in [2.24, 2.45) is 4.99 Å². The Morgan fingerprint density at radius 1 is 1.44 bits per heavy atom. The molecule has 3 nitrogen and oxygen atoms in total. The number of thiocarbonyl (C=S) groups is 1. The van der Waals surface area contributed by atoms with Crippen molar-refractivity contribution in [3.63, 3.8) is 0 Å². The Morgan fingerprint density at radius 2 is 2.28 bits per heavy atom. The molecule has 1 N–H and O–H groups in total. The van der Waals surface area contributed by atoms with Crippen LogP contribution in [0.25, 0.3) is 0 Å². The Morgan fingerprint density at radius 3 is 3.04 bits per heavy atom. The lowest BCUT2D eigenvalue weighted by atomic mass is 10.1. The van der Waals surface area contributed by atoms with Gasteiger partial charge in [0.15, 0.2) is 10.3 Å². The summed E-state index contributed by atoms with van der Waals surface area (Å²) in [6.07, 6.45) is 10.0. The van der Waals surface area contributed by atoms with E-state index in [1.807, 2.05) is 11.1 Å². The molecule has 2 rings (SSSR count). The van der Waals surface area contributed by atoms with E-state index >= 15 is 0 Å². The van der Waals surface area contributed by atoms with Crippen LogP contribution in [0.5, 0.6) is 0 Å². The van der Waals surface area contributed by atoms with Crippen molar-refractivity contribution in [2.75, 3.05) is 17.6 Å². The number of thioether (sulfide) groups is 1. The molecule has 0 unspecified atom stereocenters. The van der Waals surface area contributed by atoms with Gasteiger partial charge in [-0.1, -0.05) is 55.6 Å². The van der Waals surface area contributed by atoms with E-state index < -0.39 is 5.82 Å². The van der Waals surface area contributed by atoms with E-state index in [-0.39, 0.29) is 5.02 Å². The maximum atomic E-state index is 13.2. The second-order valence-electron chi connectivity index (χ2n) is 5.70. The summed E-state index contributed by atoms with van der Waals surface area (Å²) >= 11 is 12.9. The highest BCUT2D eigenvalue weighted by Gasteiger charge is 2.22. The van der Waals surface area contributed by atoms with E-state index in [9.17, 15) is 4.39 Å². The predicted molar refractivity (Wildman–Crippen MR) is 112 cm³/mol. The Hall–Kier alpha value is -1.11. The van der Waals surface area contributed by atoms with Crippen LogP contribution in [0.2, 0.25) is 5.02 Å². The van der Waals surface area contributed by atoms with Gasteiger partial charge in [0.25, 0.3) is 0 Å². The molecule has 7 heteroatoms. The lowest BCUT2D eigenvalue weighted by Gasteiger charge is -2.19. The average Bonchev–Trinajstić information content (AvgIpc) is 3.06. The normalized spacial score (nSPS) is 16.1. The molecule has 0 amide bonds. The first-order valence-electron chi connectivity index (χ1n) is 8.51. The van der Waals surface area contributed by atoms with Gasteiger partial charge in [-0.05, 0) is 43.3 Å². The summed E-state index contributed by atoms with van der Waals surface area (Å²) in [5.74, 6) is 0.496. The number of nitrogens with one attached hydrogen (secondary N) is 1. The van der Waals surface area contributed by atoms with Crippen molar-refractivity contribution < 1.29 is 4.39 Å². The van der Waals surface area contributed by atoms with Crippen molar-refractivity contribution >= 4 is 51.5 Å². The van der Waals surface area contributed by atoms with Crippen LogP contribution in [0.15, 0.2) is 35.5 Å². The third kappa shape index (κ3) is 6.60. The lowest BCUT2D eigenvalue weighted by Crippen LogP contribution is -2.35. The SMILES string of the molecule is CCCCCC/C=C/N=C1/SCCN1C(=S)Nc1ccc(F)c(Cl)c1. The Balaban J connectivity index is 1.88. The van der Waals surface area contributed by atoms with Crippen molar-refractivity contribution in [3.05, 3.63) is 41.3 Å². The fourth-order valence-corrected chi connectivity index (χ4v) is 3.81. The number of rotatable bonds is 7. The van der Waals surface area contributed by atoms with Crippen molar-refractivity contribution in [1.29, 1.82) is 0 Å².